The van der Waals surface area contributed by atoms with Gasteiger partial charge in [0.25, 0.3) is 5.91 Å². The Bertz CT molecular complexity index is 676. The number of carbonyl (C=O) groups is 2. The van der Waals surface area contributed by atoms with Crippen LogP contribution < -0.4 is 0 Å². The third-order valence-corrected chi connectivity index (χ3v) is 3.80. The number of morpholine rings is 1. The average molecular weight is 369 g/mol. The van der Waals surface area contributed by atoms with Crippen LogP contribution in [0.25, 0.3) is 0 Å². The number of carbonyl (C=O) groups excluding carboxylic acids is 2. The van der Waals surface area contributed by atoms with E-state index in [1.165, 1.54) is 13.8 Å². The number of halogens is 6. The summed E-state index contributed by atoms with van der Waals surface area (Å²) in [5, 5.41) is 0. The maximum atomic E-state index is 12.9. The molecule has 4 nitrogen and oxygen atoms in total. The maximum Gasteiger partial charge on any atom is 0.416 e. The molecule has 1 fully saturated rings. The van der Waals surface area contributed by atoms with Gasteiger partial charge in [0.15, 0.2) is 0 Å². The third-order valence-electron chi connectivity index (χ3n) is 3.80. The lowest BCUT2D eigenvalue weighted by Crippen LogP contribution is -2.58. The molecule has 0 N–H and O–H groups in total. The van der Waals surface area contributed by atoms with Crippen molar-refractivity contribution < 1.29 is 40.7 Å². The molecule has 0 aromatic heterocycles. The molecule has 0 bridgehead atoms. The predicted molar refractivity (Wildman–Crippen MR) is 72.5 cm³/mol. The highest BCUT2D eigenvalue weighted by Crippen LogP contribution is 2.37. The lowest BCUT2D eigenvalue weighted by atomic mass is 9.98. The zero-order valence-electron chi connectivity index (χ0n) is 13.1. The van der Waals surface area contributed by atoms with Gasteiger partial charge in [-0.2, -0.15) is 26.3 Å². The number of alkyl halides is 6. The molecule has 1 heterocycles. The topological polar surface area (TPSA) is 46.6 Å². The molecule has 1 aromatic carbocycles. The smallest absolute Gasteiger partial charge is 0.416 e. The van der Waals surface area contributed by atoms with E-state index in [0.29, 0.717) is 12.1 Å². The molecule has 10 heteroatoms. The lowest BCUT2D eigenvalue weighted by molar-refractivity contribution is -0.162. The first-order chi connectivity index (χ1) is 11.2. The highest BCUT2D eigenvalue weighted by molar-refractivity contribution is 5.98. The molecule has 1 amide bonds. The largest absolute Gasteiger partial charge is 0.462 e. The Morgan fingerprint density at radius 3 is 1.96 bits per heavy atom. The van der Waals surface area contributed by atoms with Gasteiger partial charge >= 0.3 is 18.3 Å². The van der Waals surface area contributed by atoms with E-state index in [4.69, 9.17) is 4.74 Å². The van der Waals surface area contributed by atoms with Gasteiger partial charge in [-0.3, -0.25) is 4.79 Å². The van der Waals surface area contributed by atoms with Crippen LogP contribution in [0.15, 0.2) is 18.2 Å². The molecule has 0 spiro atoms. The van der Waals surface area contributed by atoms with Crippen LogP contribution >= 0.6 is 0 Å². The Hall–Kier alpha value is -2.26. The summed E-state index contributed by atoms with van der Waals surface area (Å²) in [6.45, 7) is 2.25. The number of amides is 1. The molecule has 0 aliphatic carbocycles. The van der Waals surface area contributed by atoms with Crippen LogP contribution in [0.2, 0.25) is 0 Å². The summed E-state index contributed by atoms with van der Waals surface area (Å²) in [6, 6.07) is 0.619. The fourth-order valence-electron chi connectivity index (χ4n) is 2.39. The second-order valence-electron chi connectivity index (χ2n) is 5.95. The third kappa shape index (κ3) is 3.72. The Morgan fingerprint density at radius 2 is 1.52 bits per heavy atom. The fourth-order valence-corrected chi connectivity index (χ4v) is 2.39. The first-order valence-corrected chi connectivity index (χ1v) is 7.03. The molecule has 1 saturated heterocycles. The summed E-state index contributed by atoms with van der Waals surface area (Å²) >= 11 is 0. The van der Waals surface area contributed by atoms with Crippen molar-refractivity contribution in [1.82, 2.24) is 4.90 Å². The van der Waals surface area contributed by atoms with E-state index in [1.807, 2.05) is 0 Å². The van der Waals surface area contributed by atoms with Crippen LogP contribution in [0.3, 0.4) is 0 Å². The van der Waals surface area contributed by atoms with Crippen molar-refractivity contribution in [2.45, 2.75) is 31.7 Å². The molecule has 1 aliphatic heterocycles. The number of cyclic esters (lactones) is 1. The predicted octanol–water partition coefficient (Wildman–Crippen LogP) is 3.50. The van der Waals surface area contributed by atoms with Crippen molar-refractivity contribution in [2.75, 3.05) is 13.2 Å². The highest BCUT2D eigenvalue weighted by atomic mass is 19.4. The van der Waals surface area contributed by atoms with E-state index in [1.54, 1.807) is 0 Å². The summed E-state index contributed by atoms with van der Waals surface area (Å²) in [6.07, 6.45) is -10.1. The van der Waals surface area contributed by atoms with Crippen LogP contribution in [0, 0.1) is 0 Å². The Labute approximate surface area is 138 Å². The number of hydrogen-bond donors (Lipinski definition) is 0. The van der Waals surface area contributed by atoms with Crippen molar-refractivity contribution in [3.05, 3.63) is 34.9 Å². The molecule has 0 saturated carbocycles. The van der Waals surface area contributed by atoms with Crippen LogP contribution in [0.5, 0.6) is 0 Å². The van der Waals surface area contributed by atoms with Crippen molar-refractivity contribution >= 4 is 11.9 Å². The molecule has 138 valence electrons. The molecule has 1 aliphatic rings. The number of nitrogens with zero attached hydrogens (tertiary/aromatic N) is 1. The minimum atomic E-state index is -5.06. The minimum absolute atomic E-state index is 0.0631. The zero-order valence-corrected chi connectivity index (χ0v) is 13.1. The van der Waals surface area contributed by atoms with E-state index < -0.39 is 46.5 Å². The molecular formula is C15H13F6NO3. The van der Waals surface area contributed by atoms with Crippen molar-refractivity contribution in [3.63, 3.8) is 0 Å². The molecule has 25 heavy (non-hydrogen) atoms. The second kappa shape index (κ2) is 5.92. The number of benzene rings is 1. The van der Waals surface area contributed by atoms with Gasteiger partial charge in [0.05, 0.1) is 17.7 Å². The van der Waals surface area contributed by atoms with E-state index in [-0.39, 0.29) is 19.2 Å². The first-order valence-electron chi connectivity index (χ1n) is 7.03. The van der Waals surface area contributed by atoms with Crippen LogP contribution in [-0.2, 0) is 21.9 Å². The first kappa shape index (κ1) is 19.1. The normalized spacial score (nSPS) is 18.1. The van der Waals surface area contributed by atoms with Gasteiger partial charge in [0.1, 0.15) is 12.1 Å². The molecule has 2 rings (SSSR count). The summed E-state index contributed by atoms with van der Waals surface area (Å²) in [5.74, 6) is -1.91. The van der Waals surface area contributed by atoms with Gasteiger partial charge in [0, 0.05) is 5.56 Å². The molecule has 0 atom stereocenters. The molecular weight excluding hydrogens is 356 g/mol. The van der Waals surface area contributed by atoms with Crippen molar-refractivity contribution in [3.8, 4) is 0 Å². The number of hydrogen-bond acceptors (Lipinski definition) is 3. The number of rotatable bonds is 1. The number of esters is 1. The molecule has 1 aromatic rings. The second-order valence-corrected chi connectivity index (χ2v) is 5.95. The number of ether oxygens (including phenoxy) is 1. The van der Waals surface area contributed by atoms with Gasteiger partial charge in [-0.05, 0) is 32.0 Å². The summed E-state index contributed by atoms with van der Waals surface area (Å²) in [7, 11) is 0. The standard InChI is InChI=1S/C15H13F6NO3/c1-13(2)12(24)25-4-3-22(13)11(23)8-5-9(14(16,17)18)7-10(6-8)15(19,20)21/h5-7H,3-4H2,1-2H3. The monoisotopic (exact) mass is 369 g/mol. The van der Waals surface area contributed by atoms with Crippen LogP contribution in [0.4, 0.5) is 26.3 Å². The van der Waals surface area contributed by atoms with E-state index in [2.05, 4.69) is 0 Å². The van der Waals surface area contributed by atoms with E-state index >= 15 is 0 Å². The SMILES string of the molecule is CC1(C)C(=O)OCCN1C(=O)c1cc(C(F)(F)F)cc(C(F)(F)F)c1. The van der Waals surface area contributed by atoms with Gasteiger partial charge in [-0.15, -0.1) is 0 Å². The van der Waals surface area contributed by atoms with Gasteiger partial charge in [-0.1, -0.05) is 0 Å². The maximum absolute atomic E-state index is 12.9. The minimum Gasteiger partial charge on any atom is -0.462 e. The summed E-state index contributed by atoms with van der Waals surface area (Å²) < 4.78 is 82.1. The highest BCUT2D eigenvalue weighted by Gasteiger charge is 2.44. The quantitative estimate of drug-likeness (QED) is 0.562. The summed E-state index contributed by atoms with van der Waals surface area (Å²) in [4.78, 5) is 25.1. The average Bonchev–Trinajstić information content (AvgIpc) is 2.47. The van der Waals surface area contributed by atoms with E-state index in [0.717, 1.165) is 4.90 Å². The fraction of sp³-hybridized carbons (Fsp3) is 0.467. The van der Waals surface area contributed by atoms with Crippen molar-refractivity contribution in [1.29, 1.82) is 0 Å². The van der Waals surface area contributed by atoms with Crippen LogP contribution in [-0.4, -0.2) is 35.5 Å². The van der Waals surface area contributed by atoms with Gasteiger partial charge in [-0.25, -0.2) is 4.79 Å². The van der Waals surface area contributed by atoms with E-state index in [9.17, 15) is 35.9 Å². The zero-order chi connectivity index (χ0) is 19.2. The van der Waals surface area contributed by atoms with Crippen molar-refractivity contribution in [2.24, 2.45) is 0 Å². The van der Waals surface area contributed by atoms with Gasteiger partial charge < -0.3 is 9.64 Å². The Morgan fingerprint density at radius 1 is 1.04 bits per heavy atom. The summed E-state index contributed by atoms with van der Waals surface area (Å²) in [5.41, 5.74) is -5.50. The lowest BCUT2D eigenvalue weighted by Gasteiger charge is -2.40. The molecule has 0 radical (unpaired) electrons. The molecule has 0 unspecified atom stereocenters. The Balaban J connectivity index is 2.54. The van der Waals surface area contributed by atoms with Crippen LogP contribution in [0.1, 0.15) is 35.3 Å². The Kier molecular flexibility index (Phi) is 4.52. The van der Waals surface area contributed by atoms with Gasteiger partial charge in [0.2, 0.25) is 0 Å².